The second-order valence-electron chi connectivity index (χ2n) is 9.31. The molecular weight excluding hydrogens is 480 g/mol. The Balaban J connectivity index is 2.31. The molecular formula is C27H40N2O6S. The third-order valence-corrected chi connectivity index (χ3v) is 7.97. The van der Waals surface area contributed by atoms with Gasteiger partial charge in [0.2, 0.25) is 15.9 Å². The fraction of sp³-hybridized carbons (Fsp3) is 0.519. The number of hydrogen-bond acceptors (Lipinski definition) is 6. The lowest BCUT2D eigenvalue weighted by atomic mass is 9.99. The molecule has 8 nitrogen and oxygen atoms in total. The zero-order chi connectivity index (χ0) is 26.7. The zero-order valence-electron chi connectivity index (χ0n) is 21.6. The summed E-state index contributed by atoms with van der Waals surface area (Å²) in [6.45, 7) is 5.52. The molecule has 0 aromatic heterocycles. The summed E-state index contributed by atoms with van der Waals surface area (Å²) in [5, 5.41) is 24.2. The lowest BCUT2D eigenvalue weighted by molar-refractivity contribution is -0.133. The highest BCUT2D eigenvalue weighted by atomic mass is 32.2. The van der Waals surface area contributed by atoms with Crippen LogP contribution in [0.15, 0.2) is 59.5 Å². The molecule has 0 heterocycles. The van der Waals surface area contributed by atoms with Gasteiger partial charge in [-0.15, -0.1) is 0 Å². The van der Waals surface area contributed by atoms with Crippen molar-refractivity contribution in [1.82, 2.24) is 9.62 Å². The fourth-order valence-corrected chi connectivity index (χ4v) is 5.30. The van der Waals surface area contributed by atoms with Gasteiger partial charge in [0, 0.05) is 13.1 Å². The number of nitrogens with zero attached hydrogens (tertiary/aromatic N) is 1. The van der Waals surface area contributed by atoms with Gasteiger partial charge in [0.15, 0.2) is 0 Å². The molecule has 9 heteroatoms. The number of benzene rings is 2. The Kier molecular flexibility index (Phi) is 11.8. The predicted octanol–water partition coefficient (Wildman–Crippen LogP) is 2.98. The van der Waals surface area contributed by atoms with Crippen LogP contribution in [0.5, 0.6) is 5.75 Å². The second kappa shape index (κ2) is 14.3. The number of hydrogen-bond donors (Lipinski definition) is 3. The highest BCUT2D eigenvalue weighted by Gasteiger charge is 2.32. The zero-order valence-corrected chi connectivity index (χ0v) is 22.4. The number of amides is 1. The first kappa shape index (κ1) is 29.8. The van der Waals surface area contributed by atoms with Crippen molar-refractivity contribution < 1.29 is 28.2 Å². The maximum Gasteiger partial charge on any atom is 0.249 e. The molecule has 2 aromatic carbocycles. The quantitative estimate of drug-likeness (QED) is 0.311. The Labute approximate surface area is 215 Å². The SMILES string of the molecule is CCCCCN(C[C@@H](O)[C@H](Cc1ccccc1)NC(=O)[C@H](O)C(C)C)S(=O)(=O)c1ccc(OC)cc1. The molecule has 36 heavy (non-hydrogen) atoms. The minimum atomic E-state index is -3.91. The van der Waals surface area contributed by atoms with E-state index in [1.165, 1.54) is 23.5 Å². The van der Waals surface area contributed by atoms with E-state index in [9.17, 15) is 23.4 Å². The summed E-state index contributed by atoms with van der Waals surface area (Å²) in [5.41, 5.74) is 0.872. The number of unbranched alkanes of at least 4 members (excludes halogenated alkanes) is 2. The van der Waals surface area contributed by atoms with Crippen molar-refractivity contribution in [2.24, 2.45) is 5.92 Å². The average molecular weight is 521 g/mol. The van der Waals surface area contributed by atoms with Gasteiger partial charge >= 0.3 is 0 Å². The van der Waals surface area contributed by atoms with Gasteiger partial charge < -0.3 is 20.3 Å². The number of ether oxygens (including phenoxy) is 1. The van der Waals surface area contributed by atoms with Crippen LogP contribution in [0.1, 0.15) is 45.6 Å². The number of sulfonamides is 1. The molecule has 2 aromatic rings. The molecule has 3 N–H and O–H groups in total. The van der Waals surface area contributed by atoms with E-state index < -0.39 is 34.2 Å². The maximum atomic E-state index is 13.5. The summed E-state index contributed by atoms with van der Waals surface area (Å²) in [5.74, 6) is -0.359. The van der Waals surface area contributed by atoms with Crippen LogP contribution in [-0.4, -0.2) is 67.3 Å². The lowest BCUT2D eigenvalue weighted by Gasteiger charge is -2.30. The van der Waals surface area contributed by atoms with Crippen molar-refractivity contribution >= 4 is 15.9 Å². The summed E-state index contributed by atoms with van der Waals surface area (Å²) in [6, 6.07) is 14.7. The van der Waals surface area contributed by atoms with Crippen LogP contribution in [-0.2, 0) is 21.2 Å². The van der Waals surface area contributed by atoms with Crippen molar-refractivity contribution in [1.29, 1.82) is 0 Å². The highest BCUT2D eigenvalue weighted by molar-refractivity contribution is 7.89. The van der Waals surface area contributed by atoms with Gasteiger partial charge in [0.1, 0.15) is 11.9 Å². The van der Waals surface area contributed by atoms with Crippen LogP contribution >= 0.6 is 0 Å². The summed E-state index contributed by atoms with van der Waals surface area (Å²) in [4.78, 5) is 12.8. The van der Waals surface area contributed by atoms with Gasteiger partial charge in [-0.1, -0.05) is 63.9 Å². The molecule has 0 saturated carbocycles. The third kappa shape index (κ3) is 8.58. The molecule has 0 fully saturated rings. The topological polar surface area (TPSA) is 116 Å². The van der Waals surface area contributed by atoms with Crippen LogP contribution in [0.2, 0.25) is 0 Å². The van der Waals surface area contributed by atoms with Crippen LogP contribution in [0.25, 0.3) is 0 Å². The standard InChI is InChI=1S/C27H40N2O6S/c1-5-6-10-17-29(36(33,34)23-15-13-22(35-4)14-16-23)19-25(30)24(18-21-11-8-7-9-12-21)28-27(32)26(31)20(2)3/h7-9,11-16,20,24-26,30-31H,5-6,10,17-19H2,1-4H3,(H,28,32)/t24-,25+,26+/m0/s1. The summed E-state index contributed by atoms with van der Waals surface area (Å²) < 4.78 is 33.4. The molecule has 1 amide bonds. The Morgan fingerprint density at radius 2 is 1.67 bits per heavy atom. The maximum absolute atomic E-state index is 13.5. The Morgan fingerprint density at radius 1 is 1.03 bits per heavy atom. The van der Waals surface area contributed by atoms with Crippen molar-refractivity contribution in [3.05, 3.63) is 60.2 Å². The number of methoxy groups -OCH3 is 1. The molecule has 0 aliphatic heterocycles. The van der Waals surface area contributed by atoms with E-state index in [2.05, 4.69) is 5.32 Å². The Bertz CT molecular complexity index is 1030. The molecule has 0 radical (unpaired) electrons. The van der Waals surface area contributed by atoms with Crippen LogP contribution in [0, 0.1) is 5.92 Å². The Hall–Kier alpha value is -2.46. The van der Waals surface area contributed by atoms with Gasteiger partial charge in [0.25, 0.3) is 0 Å². The first-order chi connectivity index (χ1) is 17.1. The lowest BCUT2D eigenvalue weighted by Crippen LogP contribution is -2.53. The van der Waals surface area contributed by atoms with E-state index in [4.69, 9.17) is 4.74 Å². The van der Waals surface area contributed by atoms with E-state index in [-0.39, 0.29) is 30.3 Å². The van der Waals surface area contributed by atoms with Gasteiger partial charge in [-0.3, -0.25) is 4.79 Å². The Morgan fingerprint density at radius 3 is 2.22 bits per heavy atom. The van der Waals surface area contributed by atoms with Crippen molar-refractivity contribution in [3.8, 4) is 5.75 Å². The first-order valence-corrected chi connectivity index (χ1v) is 13.9. The summed E-state index contributed by atoms with van der Waals surface area (Å²) in [6.07, 6.45) is 0.237. The minimum absolute atomic E-state index is 0.103. The van der Waals surface area contributed by atoms with E-state index in [0.29, 0.717) is 12.2 Å². The number of nitrogens with one attached hydrogen (secondary N) is 1. The smallest absolute Gasteiger partial charge is 0.249 e. The van der Waals surface area contributed by atoms with Crippen LogP contribution in [0.4, 0.5) is 0 Å². The minimum Gasteiger partial charge on any atom is -0.497 e. The molecule has 0 aliphatic carbocycles. The second-order valence-corrected chi connectivity index (χ2v) is 11.2. The van der Waals surface area contributed by atoms with Crippen LogP contribution < -0.4 is 10.1 Å². The van der Waals surface area contributed by atoms with E-state index in [1.54, 1.807) is 26.0 Å². The first-order valence-electron chi connectivity index (χ1n) is 12.4. The van der Waals surface area contributed by atoms with Gasteiger partial charge in [-0.25, -0.2) is 8.42 Å². The van der Waals surface area contributed by atoms with Gasteiger partial charge in [-0.2, -0.15) is 4.31 Å². The summed E-state index contributed by atoms with van der Waals surface area (Å²) in [7, 11) is -2.40. The number of carbonyl (C=O) groups excluding carboxylic acids is 1. The number of aliphatic hydroxyl groups is 2. The molecule has 0 spiro atoms. The number of aliphatic hydroxyl groups excluding tert-OH is 2. The molecule has 0 unspecified atom stereocenters. The summed E-state index contributed by atoms with van der Waals surface area (Å²) >= 11 is 0. The van der Waals surface area contributed by atoms with Crippen molar-refractivity contribution in [3.63, 3.8) is 0 Å². The monoisotopic (exact) mass is 520 g/mol. The van der Waals surface area contributed by atoms with E-state index >= 15 is 0 Å². The molecule has 2 rings (SSSR count). The number of rotatable bonds is 15. The largest absolute Gasteiger partial charge is 0.497 e. The molecule has 0 aliphatic rings. The molecule has 200 valence electrons. The fourth-order valence-electron chi connectivity index (χ4n) is 3.80. The highest BCUT2D eigenvalue weighted by Crippen LogP contribution is 2.21. The normalized spacial score (nSPS) is 14.4. The number of carbonyl (C=O) groups is 1. The molecule has 3 atom stereocenters. The predicted molar refractivity (Wildman–Crippen MR) is 140 cm³/mol. The van der Waals surface area contributed by atoms with Gasteiger partial charge in [0.05, 0.1) is 24.2 Å². The van der Waals surface area contributed by atoms with E-state index in [0.717, 1.165) is 18.4 Å². The van der Waals surface area contributed by atoms with Gasteiger partial charge in [-0.05, 0) is 48.6 Å². The van der Waals surface area contributed by atoms with Crippen molar-refractivity contribution in [2.75, 3.05) is 20.2 Å². The average Bonchev–Trinajstić information content (AvgIpc) is 2.87. The van der Waals surface area contributed by atoms with Crippen LogP contribution in [0.3, 0.4) is 0 Å². The van der Waals surface area contributed by atoms with Crippen molar-refractivity contribution in [2.45, 2.75) is 69.6 Å². The van der Waals surface area contributed by atoms with E-state index in [1.807, 2.05) is 37.3 Å². The molecule has 0 saturated heterocycles. The molecule has 0 bridgehead atoms. The third-order valence-electron chi connectivity index (χ3n) is 6.09.